The second-order valence-corrected chi connectivity index (χ2v) is 11.7. The summed E-state index contributed by atoms with van der Waals surface area (Å²) in [5.74, 6) is -0.212. The largest absolute Gasteiger partial charge is 0.337 e. The zero-order valence-corrected chi connectivity index (χ0v) is 21.1. The van der Waals surface area contributed by atoms with Crippen molar-refractivity contribution in [3.8, 4) is 0 Å². The van der Waals surface area contributed by atoms with E-state index in [0.717, 1.165) is 31.5 Å². The molecule has 1 atom stereocenters. The van der Waals surface area contributed by atoms with Gasteiger partial charge in [-0.2, -0.15) is 0 Å². The monoisotopic (exact) mass is 497 g/mol. The van der Waals surface area contributed by atoms with E-state index in [9.17, 15) is 14.4 Å². The summed E-state index contributed by atoms with van der Waals surface area (Å²) in [6.45, 7) is 7.58. The minimum absolute atomic E-state index is 0.0656. The maximum Gasteiger partial charge on any atom is 0.231 e. The summed E-state index contributed by atoms with van der Waals surface area (Å²) < 4.78 is 1.08. The van der Waals surface area contributed by atoms with Crippen LogP contribution >= 0.6 is 22.7 Å². The van der Waals surface area contributed by atoms with Gasteiger partial charge in [-0.15, -0.1) is 11.3 Å². The lowest BCUT2D eigenvalue weighted by Gasteiger charge is -2.26. The van der Waals surface area contributed by atoms with Crippen molar-refractivity contribution in [2.45, 2.75) is 46.6 Å². The van der Waals surface area contributed by atoms with Gasteiger partial charge in [0.15, 0.2) is 5.13 Å². The van der Waals surface area contributed by atoms with Gasteiger partial charge in [-0.3, -0.25) is 14.4 Å². The highest BCUT2D eigenvalue weighted by Crippen LogP contribution is 2.32. The van der Waals surface area contributed by atoms with Crippen LogP contribution in [0.5, 0.6) is 0 Å². The molecule has 2 aliphatic heterocycles. The summed E-state index contributed by atoms with van der Waals surface area (Å²) in [4.78, 5) is 51.8. The summed E-state index contributed by atoms with van der Waals surface area (Å²) in [6, 6.07) is 5.81. The molecular formula is C24H27N5O3S2. The van der Waals surface area contributed by atoms with Crippen molar-refractivity contribution in [1.82, 2.24) is 14.9 Å². The first kappa shape index (κ1) is 22.9. The smallest absolute Gasteiger partial charge is 0.231 e. The molecule has 0 spiro atoms. The minimum Gasteiger partial charge on any atom is -0.337 e. The third-order valence-electron chi connectivity index (χ3n) is 6.18. The topological polar surface area (TPSA) is 95.5 Å². The number of carbonyl (C=O) groups is 3. The van der Waals surface area contributed by atoms with E-state index in [1.54, 1.807) is 16.2 Å². The molecule has 0 bridgehead atoms. The van der Waals surface area contributed by atoms with Crippen LogP contribution in [0, 0.1) is 18.8 Å². The number of amides is 3. The van der Waals surface area contributed by atoms with E-state index in [-0.39, 0.29) is 24.1 Å². The lowest BCUT2D eigenvalue weighted by molar-refractivity contribution is -0.132. The first-order valence-electron chi connectivity index (χ1n) is 11.5. The lowest BCUT2D eigenvalue weighted by atomic mass is 10.1. The molecule has 5 rings (SSSR count). The van der Waals surface area contributed by atoms with Gasteiger partial charge < -0.3 is 15.1 Å². The molecule has 1 unspecified atom stereocenters. The van der Waals surface area contributed by atoms with E-state index in [1.165, 1.54) is 11.3 Å². The van der Waals surface area contributed by atoms with Crippen LogP contribution < -0.4 is 10.2 Å². The Hall–Kier alpha value is -2.85. The van der Waals surface area contributed by atoms with Crippen LogP contribution in [0.15, 0.2) is 18.2 Å². The Morgan fingerprint density at radius 3 is 2.85 bits per heavy atom. The summed E-state index contributed by atoms with van der Waals surface area (Å²) in [5, 5.41) is 4.44. The molecular weight excluding hydrogens is 470 g/mol. The number of fused-ring (bicyclic) bond motifs is 2. The molecule has 3 amide bonds. The Balaban J connectivity index is 1.23. The summed E-state index contributed by atoms with van der Waals surface area (Å²) in [7, 11) is 0. The number of aryl methyl sites for hydroxylation is 1. The zero-order chi connectivity index (χ0) is 24.0. The number of nitrogens with one attached hydrogen (secondary N) is 1. The fourth-order valence-corrected chi connectivity index (χ4v) is 6.31. The van der Waals surface area contributed by atoms with E-state index in [2.05, 4.69) is 15.3 Å². The predicted molar refractivity (Wildman–Crippen MR) is 134 cm³/mol. The maximum absolute atomic E-state index is 13.0. The molecule has 2 aromatic heterocycles. The summed E-state index contributed by atoms with van der Waals surface area (Å²) in [5.41, 5.74) is 2.59. The molecule has 4 heterocycles. The van der Waals surface area contributed by atoms with Crippen molar-refractivity contribution in [3.05, 3.63) is 33.8 Å². The molecule has 1 N–H and O–H groups in total. The average molecular weight is 498 g/mol. The lowest BCUT2D eigenvalue weighted by Crippen LogP contribution is -2.36. The molecule has 0 radical (unpaired) electrons. The average Bonchev–Trinajstić information content (AvgIpc) is 3.46. The third-order valence-corrected chi connectivity index (χ3v) is 8.13. The second-order valence-electron chi connectivity index (χ2n) is 9.33. The summed E-state index contributed by atoms with van der Waals surface area (Å²) in [6.07, 6.45) is 1.40. The fraction of sp³-hybridized carbons (Fsp3) is 0.458. The van der Waals surface area contributed by atoms with E-state index in [4.69, 9.17) is 0 Å². The van der Waals surface area contributed by atoms with Crippen LogP contribution in [0.3, 0.4) is 0 Å². The van der Waals surface area contributed by atoms with Crippen molar-refractivity contribution >= 4 is 61.4 Å². The molecule has 178 valence electrons. The van der Waals surface area contributed by atoms with E-state index in [1.807, 2.05) is 43.9 Å². The Labute approximate surface area is 206 Å². The van der Waals surface area contributed by atoms with Crippen LogP contribution in [0.2, 0.25) is 0 Å². The number of anilines is 2. The number of hydrogen-bond donors (Lipinski definition) is 1. The van der Waals surface area contributed by atoms with Gasteiger partial charge in [-0.1, -0.05) is 25.2 Å². The molecule has 1 saturated heterocycles. The Bertz CT molecular complexity index is 1280. The van der Waals surface area contributed by atoms with Crippen LogP contribution in [-0.4, -0.2) is 45.7 Å². The van der Waals surface area contributed by atoms with Crippen molar-refractivity contribution in [3.63, 3.8) is 0 Å². The normalized spacial score (nSPS) is 18.1. The Kier molecular flexibility index (Phi) is 6.11. The van der Waals surface area contributed by atoms with Crippen molar-refractivity contribution < 1.29 is 14.4 Å². The molecule has 2 aliphatic rings. The van der Waals surface area contributed by atoms with Gasteiger partial charge in [0.05, 0.1) is 33.4 Å². The molecule has 1 fully saturated rings. The second kappa shape index (κ2) is 9.07. The number of hydrogen-bond acceptors (Lipinski definition) is 7. The van der Waals surface area contributed by atoms with E-state index >= 15 is 0 Å². The van der Waals surface area contributed by atoms with E-state index in [0.29, 0.717) is 43.5 Å². The number of thiazole rings is 2. The first-order valence-corrected chi connectivity index (χ1v) is 13.1. The summed E-state index contributed by atoms with van der Waals surface area (Å²) >= 11 is 3.04. The highest BCUT2D eigenvalue weighted by Gasteiger charge is 2.36. The van der Waals surface area contributed by atoms with E-state index < -0.39 is 5.92 Å². The number of aromatic nitrogens is 2. The molecule has 1 aromatic carbocycles. The third kappa shape index (κ3) is 4.56. The van der Waals surface area contributed by atoms with Crippen LogP contribution in [0.25, 0.3) is 10.2 Å². The number of rotatable bonds is 5. The van der Waals surface area contributed by atoms with Gasteiger partial charge in [0.2, 0.25) is 17.7 Å². The van der Waals surface area contributed by atoms with Crippen molar-refractivity contribution in [2.75, 3.05) is 23.3 Å². The van der Waals surface area contributed by atoms with Crippen molar-refractivity contribution in [1.29, 1.82) is 0 Å². The minimum atomic E-state index is -0.439. The van der Waals surface area contributed by atoms with Gasteiger partial charge in [0.1, 0.15) is 0 Å². The Morgan fingerprint density at radius 2 is 2.06 bits per heavy atom. The SMILES string of the molecule is Cc1nc2cc(N3CC(C(=O)Nc4nc5c(s4)CN(C(=O)CC(C)C)CC5)CC3=O)ccc2s1. The van der Waals surface area contributed by atoms with Gasteiger partial charge in [-0.05, 0) is 31.0 Å². The molecule has 0 saturated carbocycles. The Morgan fingerprint density at radius 1 is 1.24 bits per heavy atom. The number of benzene rings is 1. The highest BCUT2D eigenvalue weighted by atomic mass is 32.1. The highest BCUT2D eigenvalue weighted by molar-refractivity contribution is 7.18. The van der Waals surface area contributed by atoms with Crippen LogP contribution in [0.4, 0.5) is 10.8 Å². The van der Waals surface area contributed by atoms with Gasteiger partial charge >= 0.3 is 0 Å². The quantitative estimate of drug-likeness (QED) is 0.575. The fourth-order valence-electron chi connectivity index (χ4n) is 4.48. The van der Waals surface area contributed by atoms with Gasteiger partial charge in [0, 0.05) is 42.9 Å². The molecule has 10 heteroatoms. The maximum atomic E-state index is 13.0. The molecule has 34 heavy (non-hydrogen) atoms. The van der Waals surface area contributed by atoms with Gasteiger partial charge in [0.25, 0.3) is 0 Å². The first-order chi connectivity index (χ1) is 16.3. The number of carbonyl (C=O) groups excluding carboxylic acids is 3. The standard InChI is InChI=1S/C24H27N5O3S2/c1-13(2)8-21(30)28-7-6-17-20(12-28)34-24(26-17)27-23(32)15-9-22(31)29(11-15)16-4-5-19-18(10-16)25-14(3)33-19/h4-5,10,13,15H,6-9,11-12H2,1-3H3,(H,26,27,32). The van der Waals surface area contributed by atoms with Crippen molar-refractivity contribution in [2.24, 2.45) is 11.8 Å². The predicted octanol–water partition coefficient (Wildman–Crippen LogP) is 3.98. The molecule has 8 nitrogen and oxygen atoms in total. The van der Waals surface area contributed by atoms with Crippen LogP contribution in [0.1, 0.15) is 42.3 Å². The molecule has 3 aromatic rings. The van der Waals surface area contributed by atoms with Crippen LogP contribution in [-0.2, 0) is 27.3 Å². The number of nitrogens with zero attached hydrogens (tertiary/aromatic N) is 4. The molecule has 0 aliphatic carbocycles. The van der Waals surface area contributed by atoms with Gasteiger partial charge in [-0.25, -0.2) is 9.97 Å². The zero-order valence-electron chi connectivity index (χ0n) is 19.5.